The van der Waals surface area contributed by atoms with E-state index in [0.29, 0.717) is 28.1 Å². The molecule has 1 atom stereocenters. The first-order valence-corrected chi connectivity index (χ1v) is 10.8. The predicted molar refractivity (Wildman–Crippen MR) is 123 cm³/mol. The van der Waals surface area contributed by atoms with E-state index >= 15 is 0 Å². The number of nitrogens with one attached hydrogen (secondary N) is 2. The molecule has 7 heteroatoms. The number of aliphatic hydroxyl groups is 1. The zero-order valence-electron chi connectivity index (χ0n) is 17.9. The monoisotopic (exact) mass is 438 g/mol. The van der Waals surface area contributed by atoms with E-state index < -0.39 is 5.54 Å². The van der Waals surface area contributed by atoms with Gasteiger partial charge in [0, 0.05) is 5.02 Å². The Labute approximate surface area is 187 Å². The van der Waals surface area contributed by atoms with Gasteiger partial charge in [0.1, 0.15) is 18.1 Å². The molecule has 0 bridgehead atoms. The summed E-state index contributed by atoms with van der Waals surface area (Å²) in [6, 6.07) is 16.2. The molecule has 1 saturated carbocycles. The number of anilines is 1. The van der Waals surface area contributed by atoms with E-state index in [4.69, 9.17) is 21.5 Å². The number of benzene rings is 2. The van der Waals surface area contributed by atoms with E-state index in [-0.39, 0.29) is 12.7 Å². The van der Waals surface area contributed by atoms with Gasteiger partial charge in [0.25, 0.3) is 0 Å². The van der Waals surface area contributed by atoms with Gasteiger partial charge in [-0.25, -0.2) is 0 Å². The molecule has 1 heterocycles. The molecule has 1 fully saturated rings. The molecule has 1 aliphatic rings. The normalized spacial score (nSPS) is 15.4. The average molecular weight is 439 g/mol. The van der Waals surface area contributed by atoms with Crippen molar-refractivity contribution in [3.8, 4) is 11.1 Å². The Kier molecular flexibility index (Phi) is 5.77. The van der Waals surface area contributed by atoms with E-state index in [9.17, 15) is 5.11 Å². The molecule has 31 heavy (non-hydrogen) atoms. The lowest BCUT2D eigenvalue weighted by Crippen LogP contribution is -2.52. The van der Waals surface area contributed by atoms with Crippen molar-refractivity contribution in [1.82, 2.24) is 10.5 Å². The Hall–Kier alpha value is -2.83. The summed E-state index contributed by atoms with van der Waals surface area (Å²) in [7, 11) is 0. The van der Waals surface area contributed by atoms with E-state index in [1.54, 1.807) is 13.8 Å². The van der Waals surface area contributed by atoms with Crippen molar-refractivity contribution in [1.29, 1.82) is 5.41 Å². The summed E-state index contributed by atoms with van der Waals surface area (Å²) in [5.74, 6) is 1.07. The molecular weight excluding hydrogens is 412 g/mol. The third-order valence-corrected chi connectivity index (χ3v) is 6.30. The van der Waals surface area contributed by atoms with Gasteiger partial charge in [-0.1, -0.05) is 47.1 Å². The molecule has 4 rings (SSSR count). The maximum atomic E-state index is 10.0. The van der Waals surface area contributed by atoms with Crippen LogP contribution >= 0.6 is 11.6 Å². The Bertz CT molecular complexity index is 1090. The Balaban J connectivity index is 1.67. The molecule has 3 N–H and O–H groups in total. The molecule has 3 aromatic rings. The van der Waals surface area contributed by atoms with Gasteiger partial charge in [-0.2, -0.15) is 0 Å². The largest absolute Gasteiger partial charge is 0.376 e. The quantitative estimate of drug-likeness (QED) is 0.279. The third kappa shape index (κ3) is 4.18. The maximum Gasteiger partial charge on any atom is 0.198 e. The first-order chi connectivity index (χ1) is 14.8. The van der Waals surface area contributed by atoms with Gasteiger partial charge in [-0.05, 0) is 74.4 Å². The molecule has 0 radical (unpaired) electrons. The van der Waals surface area contributed by atoms with Gasteiger partial charge in [0.05, 0.1) is 5.54 Å². The second-order valence-corrected chi connectivity index (χ2v) is 8.72. The van der Waals surface area contributed by atoms with Crippen LogP contribution in [0.4, 0.5) is 5.69 Å². The minimum atomic E-state index is -0.460. The molecule has 162 valence electrons. The number of nitrogens with zero attached hydrogens (tertiary/aromatic N) is 2. The lowest BCUT2D eigenvalue weighted by atomic mass is 9.85. The van der Waals surface area contributed by atoms with Crippen molar-refractivity contribution in [2.75, 3.05) is 11.6 Å². The summed E-state index contributed by atoms with van der Waals surface area (Å²) in [6.07, 6.45) is 2.17. The standard InChI is InChI=1S/C24H27ClN4O2/c1-15-22(16(2)31-28-15)29(14-30)23(26)27-24(3,19-10-11-19)20-8-4-6-17(12-20)18-7-5-9-21(25)13-18/h4-9,12-13,19,30H,10-11,14H2,1-3H3,(H2,26,27). The summed E-state index contributed by atoms with van der Waals surface area (Å²) in [5, 5.41) is 26.8. The fourth-order valence-electron chi connectivity index (χ4n) is 4.19. The van der Waals surface area contributed by atoms with Gasteiger partial charge >= 0.3 is 0 Å². The number of aryl methyl sites for hydroxylation is 2. The number of aliphatic hydroxyl groups excluding tert-OH is 1. The van der Waals surface area contributed by atoms with Crippen LogP contribution in [0.2, 0.25) is 5.02 Å². The summed E-state index contributed by atoms with van der Waals surface area (Å²) in [6.45, 7) is 5.35. The average Bonchev–Trinajstić information content (AvgIpc) is 3.57. The molecule has 2 aromatic carbocycles. The van der Waals surface area contributed by atoms with Crippen molar-refractivity contribution in [2.45, 2.75) is 39.2 Å². The minimum absolute atomic E-state index is 0.111. The summed E-state index contributed by atoms with van der Waals surface area (Å²) in [4.78, 5) is 1.49. The van der Waals surface area contributed by atoms with Crippen molar-refractivity contribution in [3.05, 3.63) is 70.6 Å². The van der Waals surface area contributed by atoms with Crippen molar-refractivity contribution in [3.63, 3.8) is 0 Å². The van der Waals surface area contributed by atoms with Crippen LogP contribution in [0.15, 0.2) is 53.1 Å². The highest BCUT2D eigenvalue weighted by molar-refractivity contribution is 6.30. The fourth-order valence-corrected chi connectivity index (χ4v) is 4.38. The van der Waals surface area contributed by atoms with Gasteiger partial charge in [0.2, 0.25) is 0 Å². The molecular formula is C24H27ClN4O2. The first kappa shape index (κ1) is 21.4. The van der Waals surface area contributed by atoms with Crippen LogP contribution in [0.5, 0.6) is 0 Å². The lowest BCUT2D eigenvalue weighted by Gasteiger charge is -2.36. The smallest absolute Gasteiger partial charge is 0.198 e. The van der Waals surface area contributed by atoms with Gasteiger partial charge in [-0.3, -0.25) is 10.3 Å². The van der Waals surface area contributed by atoms with Crippen LogP contribution in [0, 0.1) is 25.2 Å². The molecule has 1 unspecified atom stereocenters. The van der Waals surface area contributed by atoms with Crippen LogP contribution in [0.25, 0.3) is 11.1 Å². The third-order valence-electron chi connectivity index (χ3n) is 6.07. The van der Waals surface area contributed by atoms with Crippen LogP contribution < -0.4 is 10.2 Å². The second-order valence-electron chi connectivity index (χ2n) is 8.28. The van der Waals surface area contributed by atoms with Crippen molar-refractivity contribution >= 4 is 23.2 Å². The highest BCUT2D eigenvalue weighted by atomic mass is 35.5. The van der Waals surface area contributed by atoms with Gasteiger partial charge in [-0.15, -0.1) is 0 Å². The zero-order chi connectivity index (χ0) is 22.2. The van der Waals surface area contributed by atoms with Crippen molar-refractivity contribution < 1.29 is 9.63 Å². The van der Waals surface area contributed by atoms with Crippen LogP contribution in [0.1, 0.15) is 36.8 Å². The molecule has 0 aliphatic heterocycles. The van der Waals surface area contributed by atoms with E-state index in [2.05, 4.69) is 35.6 Å². The fraction of sp³-hybridized carbons (Fsp3) is 0.333. The number of hydrogen-bond acceptors (Lipinski definition) is 4. The number of rotatable bonds is 6. The molecule has 0 saturated heterocycles. The molecule has 1 aliphatic carbocycles. The Morgan fingerprint density at radius 1 is 1.23 bits per heavy atom. The second kappa shape index (κ2) is 8.36. The predicted octanol–water partition coefficient (Wildman–Crippen LogP) is 5.22. The molecule has 1 aromatic heterocycles. The molecule has 0 spiro atoms. The number of hydrogen-bond donors (Lipinski definition) is 3. The number of aromatic nitrogens is 1. The topological polar surface area (TPSA) is 85.4 Å². The number of guanidine groups is 1. The van der Waals surface area contributed by atoms with E-state index in [0.717, 1.165) is 29.5 Å². The lowest BCUT2D eigenvalue weighted by molar-refractivity contribution is 0.300. The van der Waals surface area contributed by atoms with Crippen LogP contribution in [-0.4, -0.2) is 23.0 Å². The highest BCUT2D eigenvalue weighted by Crippen LogP contribution is 2.46. The molecule has 6 nitrogen and oxygen atoms in total. The zero-order valence-corrected chi connectivity index (χ0v) is 18.7. The van der Waals surface area contributed by atoms with Gasteiger partial charge < -0.3 is 14.9 Å². The Morgan fingerprint density at radius 3 is 2.48 bits per heavy atom. The highest BCUT2D eigenvalue weighted by Gasteiger charge is 2.44. The Morgan fingerprint density at radius 2 is 1.90 bits per heavy atom. The maximum absolute atomic E-state index is 10.0. The first-order valence-electron chi connectivity index (χ1n) is 10.4. The minimum Gasteiger partial charge on any atom is -0.376 e. The van der Waals surface area contributed by atoms with Crippen molar-refractivity contribution in [2.24, 2.45) is 5.92 Å². The van der Waals surface area contributed by atoms with Crippen LogP contribution in [0.3, 0.4) is 0 Å². The SMILES string of the molecule is Cc1noc(C)c1N(CO)C(=N)NC(C)(c1cccc(-c2cccc(Cl)c2)c1)C1CC1. The molecule has 0 amide bonds. The van der Waals surface area contributed by atoms with E-state index in [1.807, 2.05) is 30.3 Å². The summed E-state index contributed by atoms with van der Waals surface area (Å²) < 4.78 is 5.24. The summed E-state index contributed by atoms with van der Waals surface area (Å²) in [5.41, 5.74) is 4.01. The van der Waals surface area contributed by atoms with Crippen LogP contribution in [-0.2, 0) is 5.54 Å². The van der Waals surface area contributed by atoms with Gasteiger partial charge in [0.15, 0.2) is 11.7 Å². The number of halogens is 1. The summed E-state index contributed by atoms with van der Waals surface area (Å²) >= 11 is 6.20. The van der Waals surface area contributed by atoms with E-state index in [1.165, 1.54) is 4.90 Å².